The predicted octanol–water partition coefficient (Wildman–Crippen LogP) is 3.94. The first-order valence-electron chi connectivity index (χ1n) is 7.61. The Morgan fingerprint density at radius 3 is 2.65 bits per heavy atom. The first-order chi connectivity index (χ1) is 10.9. The molecular weight excluding hydrogens is 314 g/mol. The molecule has 124 valence electrons. The molecule has 0 unspecified atom stereocenters. The number of nitrogens with one attached hydrogen (secondary N) is 2. The molecule has 2 amide bonds. The van der Waals surface area contributed by atoms with Crippen LogP contribution in [0.4, 0.5) is 4.79 Å². The molecule has 2 rings (SSSR count). The molecule has 1 aromatic heterocycles. The fraction of sp³-hybridized carbons (Fsp3) is 0.412. The lowest BCUT2D eigenvalue weighted by molar-refractivity contribution is 0.234. The minimum atomic E-state index is -0.211. The molecule has 23 heavy (non-hydrogen) atoms. The van der Waals surface area contributed by atoms with Gasteiger partial charge in [-0.3, -0.25) is 0 Å². The summed E-state index contributed by atoms with van der Waals surface area (Å²) in [6, 6.07) is 7.09. The molecule has 0 aliphatic rings. The van der Waals surface area contributed by atoms with Crippen LogP contribution in [0.25, 0.3) is 0 Å². The Hall–Kier alpha value is -2.01. The van der Waals surface area contributed by atoms with Gasteiger partial charge in [0.25, 0.3) is 0 Å². The van der Waals surface area contributed by atoms with Gasteiger partial charge in [-0.05, 0) is 51.8 Å². The Bertz CT molecular complexity index is 665. The Morgan fingerprint density at radius 2 is 2.04 bits per heavy atom. The van der Waals surface area contributed by atoms with Crippen LogP contribution in [-0.4, -0.2) is 17.2 Å². The SMILES string of the molecule is Cc1noc(C)c1C[C@H](C)NC(=O)N[C@@H](C)c1cccc(Cl)c1. The van der Waals surface area contributed by atoms with E-state index in [1.807, 2.05) is 52.0 Å². The van der Waals surface area contributed by atoms with Gasteiger partial charge in [-0.25, -0.2) is 4.79 Å². The molecule has 0 saturated heterocycles. The van der Waals surface area contributed by atoms with Crippen LogP contribution in [0.3, 0.4) is 0 Å². The van der Waals surface area contributed by atoms with E-state index >= 15 is 0 Å². The van der Waals surface area contributed by atoms with E-state index in [2.05, 4.69) is 15.8 Å². The van der Waals surface area contributed by atoms with Gasteiger partial charge in [0.2, 0.25) is 0 Å². The summed E-state index contributed by atoms with van der Waals surface area (Å²) >= 11 is 5.98. The number of hydrogen-bond acceptors (Lipinski definition) is 3. The number of urea groups is 1. The Morgan fingerprint density at radius 1 is 1.30 bits per heavy atom. The molecule has 0 fully saturated rings. The second kappa shape index (κ2) is 7.51. The first kappa shape index (κ1) is 17.3. The zero-order chi connectivity index (χ0) is 17.0. The maximum absolute atomic E-state index is 12.1. The fourth-order valence-corrected chi connectivity index (χ4v) is 2.67. The number of hydrogen-bond donors (Lipinski definition) is 2. The Kier molecular flexibility index (Phi) is 5.66. The monoisotopic (exact) mass is 335 g/mol. The van der Waals surface area contributed by atoms with Crippen LogP contribution in [0.2, 0.25) is 5.02 Å². The highest BCUT2D eigenvalue weighted by Gasteiger charge is 2.16. The summed E-state index contributed by atoms with van der Waals surface area (Å²) in [6.07, 6.45) is 0.681. The second-order valence-electron chi connectivity index (χ2n) is 5.80. The maximum Gasteiger partial charge on any atom is 0.315 e. The minimum absolute atomic E-state index is 0.0293. The summed E-state index contributed by atoms with van der Waals surface area (Å²) in [4.78, 5) is 12.1. The van der Waals surface area contributed by atoms with Crippen LogP contribution in [0.1, 0.15) is 42.5 Å². The summed E-state index contributed by atoms with van der Waals surface area (Å²) < 4.78 is 5.14. The summed E-state index contributed by atoms with van der Waals surface area (Å²) in [5, 5.41) is 10.4. The van der Waals surface area contributed by atoms with E-state index in [0.717, 1.165) is 22.6 Å². The number of nitrogens with zero attached hydrogens (tertiary/aromatic N) is 1. The average Bonchev–Trinajstić information content (AvgIpc) is 2.78. The molecule has 1 aromatic carbocycles. The van der Waals surface area contributed by atoms with Crippen molar-refractivity contribution < 1.29 is 9.32 Å². The van der Waals surface area contributed by atoms with Gasteiger partial charge in [-0.15, -0.1) is 0 Å². The van der Waals surface area contributed by atoms with E-state index in [9.17, 15) is 4.79 Å². The second-order valence-corrected chi connectivity index (χ2v) is 6.24. The van der Waals surface area contributed by atoms with Crippen molar-refractivity contribution in [2.24, 2.45) is 0 Å². The highest BCUT2D eigenvalue weighted by Crippen LogP contribution is 2.17. The maximum atomic E-state index is 12.1. The molecule has 6 heteroatoms. The number of carbonyl (C=O) groups is 1. The van der Waals surface area contributed by atoms with Crippen LogP contribution < -0.4 is 10.6 Å². The third kappa shape index (κ3) is 4.73. The Balaban J connectivity index is 1.89. The molecule has 0 spiro atoms. The topological polar surface area (TPSA) is 67.2 Å². The fourth-order valence-electron chi connectivity index (χ4n) is 2.47. The number of aryl methyl sites for hydroxylation is 2. The highest BCUT2D eigenvalue weighted by molar-refractivity contribution is 6.30. The van der Waals surface area contributed by atoms with Gasteiger partial charge in [-0.1, -0.05) is 28.9 Å². The number of benzene rings is 1. The molecule has 0 bridgehead atoms. The van der Waals surface area contributed by atoms with Crippen molar-refractivity contribution in [2.45, 2.75) is 46.2 Å². The molecule has 2 aromatic rings. The third-order valence-electron chi connectivity index (χ3n) is 3.77. The normalized spacial score (nSPS) is 13.4. The molecule has 0 aliphatic heterocycles. The zero-order valence-corrected chi connectivity index (χ0v) is 14.6. The predicted molar refractivity (Wildman–Crippen MR) is 90.7 cm³/mol. The lowest BCUT2D eigenvalue weighted by Crippen LogP contribution is -2.42. The third-order valence-corrected chi connectivity index (χ3v) is 4.00. The van der Waals surface area contributed by atoms with E-state index in [1.165, 1.54) is 0 Å². The standard InChI is InChI=1S/C17H22ClN3O2/c1-10(8-16-12(3)21-23-13(16)4)19-17(22)20-11(2)14-6-5-7-15(18)9-14/h5-7,9-11H,8H2,1-4H3,(H2,19,20,22)/t10-,11-/m0/s1. The van der Waals surface area contributed by atoms with Crippen molar-refractivity contribution in [1.29, 1.82) is 0 Å². The van der Waals surface area contributed by atoms with Crippen molar-refractivity contribution in [3.05, 3.63) is 51.9 Å². The van der Waals surface area contributed by atoms with Gasteiger partial charge in [-0.2, -0.15) is 0 Å². The molecule has 1 heterocycles. The molecule has 0 saturated carbocycles. The highest BCUT2D eigenvalue weighted by atomic mass is 35.5. The molecule has 5 nitrogen and oxygen atoms in total. The number of rotatable bonds is 5. The van der Waals surface area contributed by atoms with Gasteiger partial charge in [0.05, 0.1) is 11.7 Å². The molecule has 0 radical (unpaired) electrons. The quantitative estimate of drug-likeness (QED) is 0.869. The van der Waals surface area contributed by atoms with Gasteiger partial charge < -0.3 is 15.2 Å². The van der Waals surface area contributed by atoms with Crippen molar-refractivity contribution >= 4 is 17.6 Å². The van der Waals surface area contributed by atoms with Crippen LogP contribution in [0.5, 0.6) is 0 Å². The summed E-state index contributed by atoms with van der Waals surface area (Å²) in [7, 11) is 0. The largest absolute Gasteiger partial charge is 0.361 e. The molecular formula is C17H22ClN3O2. The zero-order valence-electron chi connectivity index (χ0n) is 13.8. The van der Waals surface area contributed by atoms with E-state index in [1.54, 1.807) is 0 Å². The van der Waals surface area contributed by atoms with Crippen molar-refractivity contribution in [3.63, 3.8) is 0 Å². The van der Waals surface area contributed by atoms with Crippen LogP contribution in [-0.2, 0) is 6.42 Å². The van der Waals surface area contributed by atoms with Crippen molar-refractivity contribution in [3.8, 4) is 0 Å². The molecule has 0 aliphatic carbocycles. The first-order valence-corrected chi connectivity index (χ1v) is 7.99. The summed E-state index contributed by atoms with van der Waals surface area (Å²) in [6.45, 7) is 7.66. The number of amides is 2. The van der Waals surface area contributed by atoms with Crippen molar-refractivity contribution in [2.75, 3.05) is 0 Å². The van der Waals surface area contributed by atoms with E-state index in [4.69, 9.17) is 16.1 Å². The lowest BCUT2D eigenvalue weighted by Gasteiger charge is -2.18. The van der Waals surface area contributed by atoms with E-state index in [-0.39, 0.29) is 18.1 Å². The van der Waals surface area contributed by atoms with Crippen LogP contribution in [0.15, 0.2) is 28.8 Å². The van der Waals surface area contributed by atoms with Crippen LogP contribution in [0, 0.1) is 13.8 Å². The number of aromatic nitrogens is 1. The number of halogens is 1. The summed E-state index contributed by atoms with van der Waals surface area (Å²) in [5.74, 6) is 0.795. The van der Waals surface area contributed by atoms with Crippen molar-refractivity contribution in [1.82, 2.24) is 15.8 Å². The minimum Gasteiger partial charge on any atom is -0.361 e. The lowest BCUT2D eigenvalue weighted by atomic mass is 10.1. The van der Waals surface area contributed by atoms with Gasteiger partial charge in [0.15, 0.2) is 0 Å². The van der Waals surface area contributed by atoms with E-state index < -0.39 is 0 Å². The Labute approximate surface area is 141 Å². The van der Waals surface area contributed by atoms with E-state index in [0.29, 0.717) is 11.4 Å². The molecule has 2 N–H and O–H groups in total. The molecule has 2 atom stereocenters. The number of carbonyl (C=O) groups excluding carboxylic acids is 1. The summed E-state index contributed by atoms with van der Waals surface area (Å²) in [5.41, 5.74) is 2.87. The van der Waals surface area contributed by atoms with Gasteiger partial charge >= 0.3 is 6.03 Å². The smallest absolute Gasteiger partial charge is 0.315 e. The van der Waals surface area contributed by atoms with Crippen LogP contribution >= 0.6 is 11.6 Å². The average molecular weight is 336 g/mol. The van der Waals surface area contributed by atoms with Gasteiger partial charge in [0, 0.05) is 16.6 Å². The van der Waals surface area contributed by atoms with Gasteiger partial charge in [0.1, 0.15) is 5.76 Å².